The highest BCUT2D eigenvalue weighted by Crippen LogP contribution is 2.20. The predicted octanol–water partition coefficient (Wildman–Crippen LogP) is 3.71. The standard InChI is InChI=1S/C22H22BrN3O3/c1-12(2)18-19(20(27)15-9-13(3)8-14(4)10-15)26(22(29)25-21(18)28)11-16-6-5-7-17(23)24-16/h5-10,12H,11H2,1-4H3,(H,25,28,29). The molecule has 0 spiro atoms. The molecule has 150 valence electrons. The van der Waals surface area contributed by atoms with Crippen LogP contribution in [0.3, 0.4) is 0 Å². The van der Waals surface area contributed by atoms with E-state index in [0.29, 0.717) is 21.4 Å². The van der Waals surface area contributed by atoms with Crippen molar-refractivity contribution in [2.45, 2.75) is 40.2 Å². The fraction of sp³-hybridized carbons (Fsp3) is 0.273. The number of rotatable bonds is 5. The highest BCUT2D eigenvalue weighted by Gasteiger charge is 2.25. The number of carbonyl (C=O) groups is 1. The van der Waals surface area contributed by atoms with Gasteiger partial charge >= 0.3 is 5.69 Å². The molecular weight excluding hydrogens is 434 g/mol. The van der Waals surface area contributed by atoms with Gasteiger partial charge in [-0.25, -0.2) is 9.78 Å². The number of H-pyrrole nitrogens is 1. The average molecular weight is 456 g/mol. The molecule has 7 heteroatoms. The fourth-order valence-electron chi connectivity index (χ4n) is 3.46. The van der Waals surface area contributed by atoms with Crippen LogP contribution in [-0.2, 0) is 6.54 Å². The van der Waals surface area contributed by atoms with Gasteiger partial charge in [0.1, 0.15) is 10.3 Å². The van der Waals surface area contributed by atoms with Gasteiger partial charge in [-0.3, -0.25) is 19.1 Å². The molecule has 0 aliphatic carbocycles. The third kappa shape index (κ3) is 4.45. The lowest BCUT2D eigenvalue weighted by molar-refractivity contribution is 0.102. The maximum Gasteiger partial charge on any atom is 0.329 e. The smallest absolute Gasteiger partial charge is 0.287 e. The van der Waals surface area contributed by atoms with E-state index in [0.717, 1.165) is 11.1 Å². The van der Waals surface area contributed by atoms with E-state index in [9.17, 15) is 14.4 Å². The Bertz CT molecular complexity index is 1190. The first-order valence-corrected chi connectivity index (χ1v) is 10.1. The molecule has 0 saturated heterocycles. The number of pyridine rings is 1. The van der Waals surface area contributed by atoms with Gasteiger partial charge in [0.25, 0.3) is 5.56 Å². The summed E-state index contributed by atoms with van der Waals surface area (Å²) in [5, 5.41) is 0. The van der Waals surface area contributed by atoms with Crippen LogP contribution in [0, 0.1) is 13.8 Å². The molecule has 0 atom stereocenters. The van der Waals surface area contributed by atoms with Crippen molar-refractivity contribution in [1.29, 1.82) is 0 Å². The highest BCUT2D eigenvalue weighted by atomic mass is 79.9. The number of benzene rings is 1. The van der Waals surface area contributed by atoms with E-state index >= 15 is 0 Å². The summed E-state index contributed by atoms with van der Waals surface area (Å²) in [6, 6.07) is 10.9. The normalized spacial score (nSPS) is 11.1. The largest absolute Gasteiger partial charge is 0.329 e. The predicted molar refractivity (Wildman–Crippen MR) is 116 cm³/mol. The van der Waals surface area contributed by atoms with Crippen LogP contribution in [0.25, 0.3) is 0 Å². The maximum absolute atomic E-state index is 13.5. The molecule has 0 fully saturated rings. The first-order chi connectivity index (χ1) is 13.7. The molecule has 2 aromatic heterocycles. The molecular formula is C22H22BrN3O3. The Morgan fingerprint density at radius 1 is 1.14 bits per heavy atom. The van der Waals surface area contributed by atoms with Gasteiger partial charge in [-0.2, -0.15) is 0 Å². The second-order valence-corrected chi connectivity index (χ2v) is 8.23. The van der Waals surface area contributed by atoms with Gasteiger partial charge in [0.15, 0.2) is 0 Å². The third-order valence-electron chi connectivity index (χ3n) is 4.60. The number of hydrogen-bond acceptors (Lipinski definition) is 4. The summed E-state index contributed by atoms with van der Waals surface area (Å²) in [5.74, 6) is -0.593. The van der Waals surface area contributed by atoms with Crippen molar-refractivity contribution in [2.24, 2.45) is 0 Å². The quantitative estimate of drug-likeness (QED) is 0.469. The number of aromatic amines is 1. The van der Waals surface area contributed by atoms with Gasteiger partial charge in [0, 0.05) is 11.1 Å². The SMILES string of the molecule is Cc1cc(C)cc(C(=O)c2c(C(C)C)c(=O)[nH]c(=O)n2Cc2cccc(Br)n2)c1. The minimum Gasteiger partial charge on any atom is -0.287 e. The Hall–Kier alpha value is -2.80. The van der Waals surface area contributed by atoms with E-state index in [4.69, 9.17) is 0 Å². The summed E-state index contributed by atoms with van der Waals surface area (Å²) < 4.78 is 1.93. The van der Waals surface area contributed by atoms with Crippen LogP contribution in [-0.4, -0.2) is 20.3 Å². The molecule has 1 aromatic carbocycles. The number of hydrogen-bond donors (Lipinski definition) is 1. The van der Waals surface area contributed by atoms with Crippen LogP contribution in [0.15, 0.2) is 50.6 Å². The van der Waals surface area contributed by atoms with Gasteiger partial charge in [0.2, 0.25) is 5.78 Å². The molecule has 0 amide bonds. The summed E-state index contributed by atoms with van der Waals surface area (Å²) in [5.41, 5.74) is 2.16. The molecule has 0 aliphatic rings. The monoisotopic (exact) mass is 455 g/mol. The first-order valence-electron chi connectivity index (χ1n) is 9.29. The van der Waals surface area contributed by atoms with Crippen LogP contribution in [0.1, 0.15) is 58.2 Å². The summed E-state index contributed by atoms with van der Waals surface area (Å²) in [6.45, 7) is 7.54. The molecule has 0 aliphatic heterocycles. The summed E-state index contributed by atoms with van der Waals surface area (Å²) in [4.78, 5) is 45.5. The summed E-state index contributed by atoms with van der Waals surface area (Å²) in [7, 11) is 0. The second kappa shape index (κ2) is 8.29. The molecule has 29 heavy (non-hydrogen) atoms. The van der Waals surface area contributed by atoms with E-state index < -0.39 is 11.2 Å². The van der Waals surface area contributed by atoms with Gasteiger partial charge in [0.05, 0.1) is 12.2 Å². The third-order valence-corrected chi connectivity index (χ3v) is 5.05. The Kier molecular flexibility index (Phi) is 5.98. The van der Waals surface area contributed by atoms with Crippen LogP contribution in [0.4, 0.5) is 0 Å². The Labute approximate surface area is 176 Å². The molecule has 6 nitrogen and oxygen atoms in total. The Morgan fingerprint density at radius 2 is 1.79 bits per heavy atom. The van der Waals surface area contributed by atoms with Gasteiger partial charge in [-0.1, -0.05) is 37.1 Å². The number of aromatic nitrogens is 3. The van der Waals surface area contributed by atoms with Crippen LogP contribution < -0.4 is 11.2 Å². The lowest BCUT2D eigenvalue weighted by Crippen LogP contribution is -2.38. The van der Waals surface area contributed by atoms with E-state index in [1.54, 1.807) is 30.3 Å². The van der Waals surface area contributed by atoms with Gasteiger partial charge < -0.3 is 0 Å². The van der Waals surface area contributed by atoms with Gasteiger partial charge in [-0.15, -0.1) is 0 Å². The topological polar surface area (TPSA) is 84.8 Å². The molecule has 3 aromatic rings. The van der Waals surface area contributed by atoms with Crippen molar-refractivity contribution < 1.29 is 4.79 Å². The number of halogens is 1. The van der Waals surface area contributed by atoms with Crippen molar-refractivity contribution >= 4 is 21.7 Å². The van der Waals surface area contributed by atoms with Crippen molar-refractivity contribution in [1.82, 2.24) is 14.5 Å². The van der Waals surface area contributed by atoms with Crippen LogP contribution in [0.2, 0.25) is 0 Å². The molecule has 0 saturated carbocycles. The highest BCUT2D eigenvalue weighted by molar-refractivity contribution is 9.10. The molecule has 2 heterocycles. The molecule has 3 rings (SSSR count). The summed E-state index contributed by atoms with van der Waals surface area (Å²) >= 11 is 3.32. The number of ketones is 1. The van der Waals surface area contributed by atoms with E-state index in [1.165, 1.54) is 4.57 Å². The minimum atomic E-state index is -0.631. The fourth-order valence-corrected chi connectivity index (χ4v) is 3.84. The van der Waals surface area contributed by atoms with Crippen molar-refractivity contribution in [3.63, 3.8) is 0 Å². The molecule has 1 N–H and O–H groups in total. The molecule has 0 radical (unpaired) electrons. The van der Waals surface area contributed by atoms with Gasteiger partial charge in [-0.05, 0) is 60.0 Å². The van der Waals surface area contributed by atoms with Crippen molar-refractivity contribution in [2.75, 3.05) is 0 Å². The minimum absolute atomic E-state index is 0.0701. The zero-order chi connectivity index (χ0) is 21.3. The van der Waals surface area contributed by atoms with Crippen molar-refractivity contribution in [3.05, 3.63) is 95.5 Å². The van der Waals surface area contributed by atoms with Crippen LogP contribution in [0.5, 0.6) is 0 Å². The number of nitrogens with one attached hydrogen (secondary N) is 1. The van der Waals surface area contributed by atoms with Crippen LogP contribution >= 0.6 is 15.9 Å². The zero-order valence-electron chi connectivity index (χ0n) is 16.7. The number of aryl methyl sites for hydroxylation is 2. The van der Waals surface area contributed by atoms with E-state index in [2.05, 4.69) is 25.9 Å². The second-order valence-electron chi connectivity index (χ2n) is 7.42. The maximum atomic E-state index is 13.5. The summed E-state index contributed by atoms with van der Waals surface area (Å²) in [6.07, 6.45) is 0. The number of nitrogens with zero attached hydrogens (tertiary/aromatic N) is 2. The Morgan fingerprint density at radius 3 is 2.38 bits per heavy atom. The molecule has 0 bridgehead atoms. The Balaban J connectivity index is 2.28. The lowest BCUT2D eigenvalue weighted by Gasteiger charge is -2.17. The van der Waals surface area contributed by atoms with E-state index in [-0.39, 0.29) is 23.9 Å². The van der Waals surface area contributed by atoms with Crippen molar-refractivity contribution in [3.8, 4) is 0 Å². The van der Waals surface area contributed by atoms with E-state index in [1.807, 2.05) is 33.8 Å². The first kappa shape index (κ1) is 20.9. The average Bonchev–Trinajstić information content (AvgIpc) is 2.62. The number of carbonyl (C=O) groups excluding carboxylic acids is 1. The zero-order valence-corrected chi connectivity index (χ0v) is 18.3. The molecule has 0 unspecified atom stereocenters. The lowest BCUT2D eigenvalue weighted by atomic mass is 9.95.